The summed E-state index contributed by atoms with van der Waals surface area (Å²) >= 11 is 0. The summed E-state index contributed by atoms with van der Waals surface area (Å²) in [6.07, 6.45) is 0.209. The van der Waals surface area contributed by atoms with Crippen LogP contribution in [0.2, 0.25) is 0 Å². The molecule has 0 bridgehead atoms. The van der Waals surface area contributed by atoms with Crippen molar-refractivity contribution >= 4 is 11.9 Å². The molecule has 1 aromatic rings. The first-order valence-corrected chi connectivity index (χ1v) is 4.80. The molecule has 1 aromatic heterocycles. The second-order valence-electron chi connectivity index (χ2n) is 3.41. The topological polar surface area (TPSA) is 64.4 Å². The maximum absolute atomic E-state index is 12.8. The third-order valence-corrected chi connectivity index (χ3v) is 2.21. The molecule has 0 N–H and O–H groups in total. The molecule has 1 aliphatic heterocycles. The zero-order valence-electron chi connectivity index (χ0n) is 8.39. The summed E-state index contributed by atoms with van der Waals surface area (Å²) in [6, 6.07) is 3.79. The molecule has 1 aliphatic rings. The fraction of sp³-hybridized carbons (Fsp3) is 0.300. The highest BCUT2D eigenvalue weighted by molar-refractivity contribution is 5.96. The molecule has 0 aromatic carbocycles. The quantitative estimate of drug-likeness (QED) is 0.691. The molecule has 1 radical (unpaired) electrons. The first kappa shape index (κ1) is 10.5. The van der Waals surface area contributed by atoms with Crippen LogP contribution in [0.25, 0.3) is 0 Å². The number of rotatable bonds is 2. The van der Waals surface area contributed by atoms with E-state index in [4.69, 9.17) is 0 Å². The average molecular weight is 222 g/mol. The van der Waals surface area contributed by atoms with Gasteiger partial charge in [0, 0.05) is 13.0 Å². The average Bonchev–Trinajstić information content (AvgIpc) is 2.22. The van der Waals surface area contributed by atoms with Crippen LogP contribution in [0.3, 0.4) is 0 Å². The van der Waals surface area contributed by atoms with Gasteiger partial charge in [0.25, 0.3) is 5.91 Å². The van der Waals surface area contributed by atoms with Crippen LogP contribution in [-0.2, 0) is 11.3 Å². The Labute approximate surface area is 91.3 Å². The maximum atomic E-state index is 12.8. The molecular weight excluding hydrogens is 213 g/mol. The Morgan fingerprint density at radius 1 is 1.38 bits per heavy atom. The Kier molecular flexibility index (Phi) is 2.80. The van der Waals surface area contributed by atoms with Crippen LogP contribution in [0.5, 0.6) is 0 Å². The van der Waals surface area contributed by atoms with Gasteiger partial charge in [0.2, 0.25) is 5.95 Å². The molecule has 16 heavy (non-hydrogen) atoms. The highest BCUT2D eigenvalue weighted by Gasteiger charge is 2.25. The molecule has 1 fully saturated rings. The number of amides is 3. The SMILES string of the molecule is O=C1CCN(Cc2cccc(F)n2)C(=O)[N]1. The molecule has 0 unspecified atom stereocenters. The summed E-state index contributed by atoms with van der Waals surface area (Å²) in [7, 11) is 0. The summed E-state index contributed by atoms with van der Waals surface area (Å²) in [5.74, 6) is -0.997. The van der Waals surface area contributed by atoms with E-state index in [2.05, 4.69) is 10.3 Å². The van der Waals surface area contributed by atoms with Gasteiger partial charge in [0.1, 0.15) is 0 Å². The van der Waals surface area contributed by atoms with Crippen LogP contribution in [0.1, 0.15) is 12.1 Å². The van der Waals surface area contributed by atoms with Crippen molar-refractivity contribution in [2.24, 2.45) is 0 Å². The minimum absolute atomic E-state index is 0.174. The predicted octanol–water partition coefficient (Wildman–Crippen LogP) is 0.677. The number of carbonyl (C=O) groups is 2. The Balaban J connectivity index is 2.05. The van der Waals surface area contributed by atoms with Gasteiger partial charge >= 0.3 is 6.03 Å². The van der Waals surface area contributed by atoms with E-state index in [-0.39, 0.29) is 13.0 Å². The molecule has 6 heteroatoms. The standard InChI is InChI=1S/C10H9FN3O2/c11-8-3-1-2-7(12-8)6-14-5-4-9(15)13-10(14)16/h1-3H,4-6H2. The summed E-state index contributed by atoms with van der Waals surface area (Å²) in [5, 5.41) is 3.31. The molecule has 5 nitrogen and oxygen atoms in total. The number of pyridine rings is 1. The lowest BCUT2D eigenvalue weighted by molar-refractivity contribution is -0.121. The first-order valence-electron chi connectivity index (χ1n) is 4.80. The number of aromatic nitrogens is 1. The van der Waals surface area contributed by atoms with Gasteiger partial charge in [0.15, 0.2) is 0 Å². The third-order valence-electron chi connectivity index (χ3n) is 2.21. The van der Waals surface area contributed by atoms with Crippen LogP contribution in [0.15, 0.2) is 18.2 Å². The minimum atomic E-state index is -0.588. The summed E-state index contributed by atoms with van der Waals surface area (Å²) < 4.78 is 12.8. The number of nitrogens with zero attached hydrogens (tertiary/aromatic N) is 3. The fourth-order valence-corrected chi connectivity index (χ4v) is 1.44. The van der Waals surface area contributed by atoms with Crippen LogP contribution in [0.4, 0.5) is 9.18 Å². The first-order chi connectivity index (χ1) is 7.65. The van der Waals surface area contributed by atoms with Gasteiger partial charge in [-0.3, -0.25) is 4.79 Å². The van der Waals surface area contributed by atoms with Crippen molar-refractivity contribution in [2.45, 2.75) is 13.0 Å². The molecule has 0 spiro atoms. The number of carbonyl (C=O) groups excluding carboxylic acids is 2. The van der Waals surface area contributed by atoms with Crippen molar-refractivity contribution in [3.05, 3.63) is 29.8 Å². The summed E-state index contributed by atoms with van der Waals surface area (Å²) in [5.41, 5.74) is 0.442. The molecular formula is C10H9FN3O2. The number of urea groups is 1. The van der Waals surface area contributed by atoms with Crippen molar-refractivity contribution in [3.8, 4) is 0 Å². The Morgan fingerprint density at radius 2 is 2.19 bits per heavy atom. The summed E-state index contributed by atoms with van der Waals surface area (Å²) in [4.78, 5) is 27.1. The maximum Gasteiger partial charge on any atom is 0.347 e. The Bertz CT molecular complexity index is 436. The molecule has 0 atom stereocenters. The van der Waals surface area contributed by atoms with Gasteiger partial charge in [0.05, 0.1) is 12.2 Å². The summed E-state index contributed by atoms with van der Waals surface area (Å²) in [6.45, 7) is 0.479. The van der Waals surface area contributed by atoms with E-state index in [1.165, 1.54) is 17.0 Å². The van der Waals surface area contributed by atoms with E-state index >= 15 is 0 Å². The van der Waals surface area contributed by atoms with Gasteiger partial charge in [-0.15, -0.1) is 0 Å². The van der Waals surface area contributed by atoms with E-state index in [1.807, 2.05) is 0 Å². The second kappa shape index (κ2) is 4.26. The molecule has 0 aliphatic carbocycles. The molecule has 2 rings (SSSR count). The van der Waals surface area contributed by atoms with Gasteiger partial charge in [-0.1, -0.05) is 6.07 Å². The fourth-order valence-electron chi connectivity index (χ4n) is 1.44. The lowest BCUT2D eigenvalue weighted by Gasteiger charge is -2.24. The van der Waals surface area contributed by atoms with Crippen molar-refractivity contribution < 1.29 is 14.0 Å². The predicted molar refractivity (Wildman–Crippen MR) is 51.8 cm³/mol. The van der Waals surface area contributed by atoms with Crippen LogP contribution < -0.4 is 5.32 Å². The zero-order chi connectivity index (χ0) is 11.5. The second-order valence-corrected chi connectivity index (χ2v) is 3.41. The van der Waals surface area contributed by atoms with Crippen molar-refractivity contribution in [1.29, 1.82) is 0 Å². The number of hydrogen-bond acceptors (Lipinski definition) is 3. The van der Waals surface area contributed by atoms with E-state index in [1.54, 1.807) is 6.07 Å². The van der Waals surface area contributed by atoms with E-state index in [9.17, 15) is 14.0 Å². The van der Waals surface area contributed by atoms with Crippen LogP contribution >= 0.6 is 0 Å². The molecule has 0 saturated carbocycles. The molecule has 3 amide bonds. The van der Waals surface area contributed by atoms with Crippen molar-refractivity contribution in [3.63, 3.8) is 0 Å². The Morgan fingerprint density at radius 3 is 2.88 bits per heavy atom. The van der Waals surface area contributed by atoms with Gasteiger partial charge in [-0.2, -0.15) is 9.71 Å². The molecule has 2 heterocycles. The minimum Gasteiger partial charge on any atom is -0.316 e. The van der Waals surface area contributed by atoms with Crippen molar-refractivity contribution in [2.75, 3.05) is 6.54 Å². The molecule has 83 valence electrons. The monoisotopic (exact) mass is 222 g/mol. The number of halogens is 1. The van der Waals surface area contributed by atoms with Gasteiger partial charge in [-0.25, -0.2) is 9.78 Å². The van der Waals surface area contributed by atoms with E-state index < -0.39 is 17.9 Å². The largest absolute Gasteiger partial charge is 0.347 e. The molecule has 1 saturated heterocycles. The lowest BCUT2D eigenvalue weighted by Crippen LogP contribution is -2.44. The van der Waals surface area contributed by atoms with Gasteiger partial charge in [-0.05, 0) is 12.1 Å². The smallest absolute Gasteiger partial charge is 0.316 e. The van der Waals surface area contributed by atoms with E-state index in [0.29, 0.717) is 12.2 Å². The number of imide groups is 1. The van der Waals surface area contributed by atoms with Crippen LogP contribution in [0, 0.1) is 5.95 Å². The highest BCUT2D eigenvalue weighted by Crippen LogP contribution is 2.08. The number of hydrogen-bond donors (Lipinski definition) is 0. The highest BCUT2D eigenvalue weighted by atomic mass is 19.1. The zero-order valence-corrected chi connectivity index (χ0v) is 8.39. The van der Waals surface area contributed by atoms with E-state index in [0.717, 1.165) is 0 Å². The third kappa shape index (κ3) is 2.33. The van der Waals surface area contributed by atoms with Crippen LogP contribution in [-0.4, -0.2) is 28.4 Å². The van der Waals surface area contributed by atoms with Gasteiger partial charge < -0.3 is 4.90 Å². The van der Waals surface area contributed by atoms with Crippen molar-refractivity contribution in [1.82, 2.24) is 15.2 Å². The Hall–Kier alpha value is -1.98. The normalized spacial score (nSPS) is 16.2. The lowest BCUT2D eigenvalue weighted by atomic mass is 10.2.